The van der Waals surface area contributed by atoms with Crippen molar-refractivity contribution in [2.75, 3.05) is 26.2 Å². The minimum absolute atomic E-state index is 0.0877. The zero-order valence-corrected chi connectivity index (χ0v) is 7.59. The molecule has 0 saturated carbocycles. The van der Waals surface area contributed by atoms with E-state index in [-0.39, 0.29) is 12.6 Å². The van der Waals surface area contributed by atoms with Crippen molar-refractivity contribution in [3.8, 4) is 0 Å². The molecule has 0 spiro atoms. The molecule has 0 radical (unpaired) electrons. The number of nitrogens with two attached hydrogens (primary N) is 1. The van der Waals surface area contributed by atoms with Gasteiger partial charge in [0.15, 0.2) is 0 Å². The fourth-order valence-corrected chi connectivity index (χ4v) is 1.57. The first kappa shape index (κ1) is 10.8. The predicted molar refractivity (Wildman–Crippen MR) is 45.6 cm³/mol. The average molecular weight is 194 g/mol. The lowest BCUT2D eigenvalue weighted by Gasteiger charge is -2.30. The third-order valence-corrected chi connectivity index (χ3v) is 2.19. The largest absolute Gasteiger partial charge is 0.345 e. The Balaban J connectivity index is 2.06. The Kier molecular flexibility index (Phi) is 4.55. The van der Waals surface area contributed by atoms with Gasteiger partial charge in [0.2, 0.25) is 0 Å². The molecule has 1 saturated heterocycles. The summed E-state index contributed by atoms with van der Waals surface area (Å²) in [6.45, 7) is -0.270. The minimum Gasteiger partial charge on any atom is -0.327 e. The first-order valence-corrected chi connectivity index (χ1v) is 4.56. The van der Waals surface area contributed by atoms with Crippen LogP contribution in [0.25, 0.3) is 0 Å². The van der Waals surface area contributed by atoms with Gasteiger partial charge in [-0.2, -0.15) is 8.78 Å². The van der Waals surface area contributed by atoms with Gasteiger partial charge in [-0.05, 0) is 19.4 Å². The zero-order valence-electron chi connectivity index (χ0n) is 7.59. The summed E-state index contributed by atoms with van der Waals surface area (Å²) in [6.07, 6.45) is 2.09. The van der Waals surface area contributed by atoms with Crippen molar-refractivity contribution in [3.05, 3.63) is 0 Å². The number of nitrogens with zero attached hydrogens (tertiary/aromatic N) is 1. The number of piperidine rings is 1. The molecule has 13 heavy (non-hydrogen) atoms. The van der Waals surface area contributed by atoms with E-state index in [0.29, 0.717) is 6.54 Å². The van der Waals surface area contributed by atoms with Gasteiger partial charge < -0.3 is 10.5 Å². The Labute approximate surface area is 76.8 Å². The number of hydrogen-bond acceptors (Lipinski definition) is 3. The molecule has 1 heterocycles. The van der Waals surface area contributed by atoms with Gasteiger partial charge in [-0.1, -0.05) is 0 Å². The van der Waals surface area contributed by atoms with Gasteiger partial charge in [0, 0.05) is 19.1 Å². The highest BCUT2D eigenvalue weighted by molar-refractivity contribution is 4.74. The van der Waals surface area contributed by atoms with Crippen molar-refractivity contribution in [1.82, 2.24) is 4.90 Å². The highest BCUT2D eigenvalue weighted by Crippen LogP contribution is 2.07. The molecule has 1 aliphatic heterocycles. The molecule has 0 aromatic rings. The van der Waals surface area contributed by atoms with Crippen molar-refractivity contribution in [2.45, 2.75) is 25.5 Å². The molecule has 0 bridgehead atoms. The van der Waals surface area contributed by atoms with E-state index in [1.54, 1.807) is 0 Å². The van der Waals surface area contributed by atoms with Crippen LogP contribution in [0.3, 0.4) is 0 Å². The number of hydrogen-bond donors (Lipinski definition) is 1. The highest BCUT2D eigenvalue weighted by atomic mass is 19.3. The maximum Gasteiger partial charge on any atom is 0.345 e. The number of halogens is 2. The van der Waals surface area contributed by atoms with E-state index in [1.165, 1.54) is 0 Å². The van der Waals surface area contributed by atoms with Crippen LogP contribution >= 0.6 is 0 Å². The third-order valence-electron chi connectivity index (χ3n) is 2.19. The third kappa shape index (κ3) is 4.50. The SMILES string of the molecule is N[C@@H]1CCCN(CCOC(F)F)C1. The van der Waals surface area contributed by atoms with Crippen LogP contribution in [-0.4, -0.2) is 43.8 Å². The summed E-state index contributed by atoms with van der Waals surface area (Å²) in [7, 11) is 0. The van der Waals surface area contributed by atoms with Crippen LogP contribution in [0.2, 0.25) is 0 Å². The molecule has 1 aliphatic rings. The molecule has 1 rings (SSSR count). The van der Waals surface area contributed by atoms with E-state index in [1.807, 2.05) is 0 Å². The summed E-state index contributed by atoms with van der Waals surface area (Å²) < 4.78 is 27.4. The second-order valence-electron chi connectivity index (χ2n) is 3.33. The van der Waals surface area contributed by atoms with E-state index in [4.69, 9.17) is 5.73 Å². The van der Waals surface area contributed by atoms with E-state index in [0.717, 1.165) is 25.9 Å². The van der Waals surface area contributed by atoms with Gasteiger partial charge in [0.1, 0.15) is 0 Å². The Hall–Kier alpha value is -0.260. The maximum absolute atomic E-state index is 11.6. The smallest absolute Gasteiger partial charge is 0.327 e. The van der Waals surface area contributed by atoms with Gasteiger partial charge >= 0.3 is 6.61 Å². The number of likely N-dealkylation sites (tertiary alicyclic amines) is 1. The summed E-state index contributed by atoms with van der Waals surface area (Å²) in [5.41, 5.74) is 5.73. The predicted octanol–water partition coefficient (Wildman–Crippen LogP) is 0.649. The first-order valence-electron chi connectivity index (χ1n) is 4.56. The molecule has 0 aliphatic carbocycles. The summed E-state index contributed by atoms with van der Waals surface area (Å²) >= 11 is 0. The lowest BCUT2D eigenvalue weighted by atomic mass is 10.1. The normalized spacial score (nSPS) is 25.4. The molecule has 3 nitrogen and oxygen atoms in total. The molecule has 0 aromatic carbocycles. The first-order chi connectivity index (χ1) is 6.18. The fourth-order valence-electron chi connectivity index (χ4n) is 1.57. The maximum atomic E-state index is 11.6. The molecule has 1 atom stereocenters. The van der Waals surface area contributed by atoms with Crippen LogP contribution < -0.4 is 5.73 Å². The molecule has 0 amide bonds. The average Bonchev–Trinajstić information content (AvgIpc) is 2.03. The van der Waals surface area contributed by atoms with Crippen LogP contribution in [0.5, 0.6) is 0 Å². The molecule has 0 unspecified atom stereocenters. The number of ether oxygens (including phenoxy) is 1. The lowest BCUT2D eigenvalue weighted by Crippen LogP contribution is -2.44. The monoisotopic (exact) mass is 194 g/mol. The van der Waals surface area contributed by atoms with E-state index in [9.17, 15) is 8.78 Å². The van der Waals surface area contributed by atoms with Gasteiger partial charge in [-0.15, -0.1) is 0 Å². The summed E-state index contributed by atoms with van der Waals surface area (Å²) in [5, 5.41) is 0. The van der Waals surface area contributed by atoms with Gasteiger partial charge in [0.05, 0.1) is 6.61 Å². The Morgan fingerprint density at radius 3 is 2.92 bits per heavy atom. The van der Waals surface area contributed by atoms with Crippen molar-refractivity contribution in [1.29, 1.82) is 0 Å². The molecular weight excluding hydrogens is 178 g/mol. The van der Waals surface area contributed by atoms with E-state index >= 15 is 0 Å². The minimum atomic E-state index is -2.65. The fraction of sp³-hybridized carbons (Fsp3) is 1.00. The van der Waals surface area contributed by atoms with Crippen LogP contribution in [0.15, 0.2) is 0 Å². The van der Waals surface area contributed by atoms with Crippen molar-refractivity contribution in [2.24, 2.45) is 5.73 Å². The molecule has 78 valence electrons. The quantitative estimate of drug-likeness (QED) is 0.714. The zero-order chi connectivity index (χ0) is 9.68. The Morgan fingerprint density at radius 1 is 1.54 bits per heavy atom. The molecule has 2 N–H and O–H groups in total. The van der Waals surface area contributed by atoms with Crippen molar-refractivity contribution in [3.63, 3.8) is 0 Å². The van der Waals surface area contributed by atoms with Crippen LogP contribution in [0, 0.1) is 0 Å². The van der Waals surface area contributed by atoms with Crippen molar-refractivity contribution < 1.29 is 13.5 Å². The summed E-state index contributed by atoms with van der Waals surface area (Å²) in [5.74, 6) is 0. The molecule has 0 aromatic heterocycles. The van der Waals surface area contributed by atoms with Crippen LogP contribution in [0.1, 0.15) is 12.8 Å². The number of alkyl halides is 2. The van der Waals surface area contributed by atoms with E-state index < -0.39 is 6.61 Å². The second-order valence-corrected chi connectivity index (χ2v) is 3.33. The Bertz CT molecular complexity index is 146. The number of rotatable bonds is 4. The van der Waals surface area contributed by atoms with Crippen LogP contribution in [0.4, 0.5) is 8.78 Å². The topological polar surface area (TPSA) is 38.5 Å². The van der Waals surface area contributed by atoms with Crippen LogP contribution in [-0.2, 0) is 4.74 Å². The molecular formula is C8H16F2N2O. The van der Waals surface area contributed by atoms with Gasteiger partial charge in [-0.3, -0.25) is 4.90 Å². The molecule has 1 fully saturated rings. The summed E-state index contributed by atoms with van der Waals surface area (Å²) in [4.78, 5) is 2.07. The highest BCUT2D eigenvalue weighted by Gasteiger charge is 2.16. The second kappa shape index (κ2) is 5.47. The van der Waals surface area contributed by atoms with E-state index in [2.05, 4.69) is 9.64 Å². The standard InChI is InChI=1S/C8H16F2N2O/c9-8(10)13-5-4-12-3-1-2-7(11)6-12/h7-8H,1-6,11H2/t7-/m1/s1. The van der Waals surface area contributed by atoms with Gasteiger partial charge in [0.25, 0.3) is 0 Å². The van der Waals surface area contributed by atoms with Crippen molar-refractivity contribution >= 4 is 0 Å². The van der Waals surface area contributed by atoms with Gasteiger partial charge in [-0.25, -0.2) is 0 Å². The Morgan fingerprint density at radius 2 is 2.31 bits per heavy atom. The molecule has 5 heteroatoms. The lowest BCUT2D eigenvalue weighted by molar-refractivity contribution is -0.132. The summed E-state index contributed by atoms with van der Waals surface area (Å²) in [6, 6.07) is 0.195.